The second kappa shape index (κ2) is 8.57. The molecule has 0 bridgehead atoms. The van der Waals surface area contributed by atoms with Crippen molar-refractivity contribution in [3.63, 3.8) is 0 Å². The molecule has 0 aliphatic carbocycles. The summed E-state index contributed by atoms with van der Waals surface area (Å²) in [4.78, 5) is 24.3. The third-order valence-electron chi connectivity index (χ3n) is 3.94. The Morgan fingerprint density at radius 1 is 1.13 bits per heavy atom. The summed E-state index contributed by atoms with van der Waals surface area (Å²) in [5.41, 5.74) is 1.07. The van der Waals surface area contributed by atoms with Gasteiger partial charge in [-0.2, -0.15) is 0 Å². The topological polar surface area (TPSA) is 74.6 Å². The number of aliphatic carboxylic acids is 1. The molecule has 1 heterocycles. The molecule has 2 N–H and O–H groups in total. The van der Waals surface area contributed by atoms with E-state index >= 15 is 0 Å². The fourth-order valence-corrected chi connectivity index (χ4v) is 4.80. The van der Waals surface area contributed by atoms with Gasteiger partial charge in [0.1, 0.15) is 4.91 Å². The summed E-state index contributed by atoms with van der Waals surface area (Å²) in [5.74, 6) is 0.0249. The third-order valence-corrected chi connectivity index (χ3v) is 6.54. The quantitative estimate of drug-likeness (QED) is 0.785. The number of aliphatic hydroxyl groups is 1. The SMILES string of the molecule is C[C@@H](c1ccccc1)[C@H](CO)CC(=O)C1=C(C(=O)O)SCCS1. The summed E-state index contributed by atoms with van der Waals surface area (Å²) < 4.78 is 0. The van der Waals surface area contributed by atoms with Gasteiger partial charge < -0.3 is 10.2 Å². The smallest absolute Gasteiger partial charge is 0.343 e. The number of allylic oxidation sites excluding steroid dienone is 1. The maximum atomic E-state index is 12.6. The van der Waals surface area contributed by atoms with Crippen LogP contribution in [0.3, 0.4) is 0 Å². The molecule has 1 aromatic rings. The molecule has 0 saturated heterocycles. The van der Waals surface area contributed by atoms with Crippen LogP contribution in [0.4, 0.5) is 0 Å². The Morgan fingerprint density at radius 2 is 1.74 bits per heavy atom. The molecule has 0 amide bonds. The minimum absolute atomic E-state index is 0.0280. The first-order chi connectivity index (χ1) is 11.0. The molecule has 0 saturated carbocycles. The minimum Gasteiger partial charge on any atom is -0.477 e. The number of benzene rings is 1. The number of hydrogen-bond acceptors (Lipinski definition) is 5. The number of carboxylic acids is 1. The lowest BCUT2D eigenvalue weighted by atomic mass is 9.84. The summed E-state index contributed by atoms with van der Waals surface area (Å²) in [7, 11) is 0. The van der Waals surface area contributed by atoms with E-state index in [2.05, 4.69) is 0 Å². The molecule has 1 aromatic carbocycles. The Morgan fingerprint density at radius 3 is 2.30 bits per heavy atom. The van der Waals surface area contributed by atoms with Gasteiger partial charge in [0.15, 0.2) is 5.78 Å². The molecule has 0 spiro atoms. The molecule has 1 aliphatic heterocycles. The number of rotatable bonds is 7. The van der Waals surface area contributed by atoms with Gasteiger partial charge in [-0.25, -0.2) is 4.79 Å². The van der Waals surface area contributed by atoms with Crippen LogP contribution >= 0.6 is 23.5 Å². The molecule has 2 rings (SSSR count). The molecule has 1 aliphatic rings. The van der Waals surface area contributed by atoms with E-state index in [9.17, 15) is 19.8 Å². The van der Waals surface area contributed by atoms with Crippen LogP contribution < -0.4 is 0 Å². The van der Waals surface area contributed by atoms with Gasteiger partial charge in [0.05, 0.1) is 4.91 Å². The highest BCUT2D eigenvalue weighted by Crippen LogP contribution is 2.37. The van der Waals surface area contributed by atoms with Crippen LogP contribution in [-0.2, 0) is 9.59 Å². The van der Waals surface area contributed by atoms with Gasteiger partial charge in [-0.05, 0) is 17.4 Å². The number of carbonyl (C=O) groups excluding carboxylic acids is 1. The van der Waals surface area contributed by atoms with Crippen LogP contribution in [-0.4, -0.2) is 40.1 Å². The molecule has 2 atom stereocenters. The predicted molar refractivity (Wildman–Crippen MR) is 94.6 cm³/mol. The highest BCUT2D eigenvalue weighted by molar-refractivity contribution is 8.11. The van der Waals surface area contributed by atoms with Gasteiger partial charge in [0, 0.05) is 24.5 Å². The average molecular weight is 352 g/mol. The lowest BCUT2D eigenvalue weighted by molar-refractivity contribution is -0.132. The molecule has 124 valence electrons. The van der Waals surface area contributed by atoms with Crippen LogP contribution in [0, 0.1) is 5.92 Å². The summed E-state index contributed by atoms with van der Waals surface area (Å²) >= 11 is 2.54. The van der Waals surface area contributed by atoms with Gasteiger partial charge in [-0.3, -0.25) is 4.79 Å². The first-order valence-electron chi connectivity index (χ1n) is 7.46. The lowest BCUT2D eigenvalue weighted by Gasteiger charge is -2.23. The molecular formula is C17H20O4S2. The highest BCUT2D eigenvalue weighted by atomic mass is 32.2. The summed E-state index contributed by atoms with van der Waals surface area (Å²) in [5, 5.41) is 18.9. The molecule has 4 nitrogen and oxygen atoms in total. The van der Waals surface area contributed by atoms with E-state index in [4.69, 9.17) is 0 Å². The molecule has 0 radical (unpaired) electrons. The number of thioether (sulfide) groups is 2. The lowest BCUT2D eigenvalue weighted by Crippen LogP contribution is -2.21. The van der Waals surface area contributed by atoms with Gasteiger partial charge in [0.2, 0.25) is 0 Å². The first kappa shape index (κ1) is 18.1. The van der Waals surface area contributed by atoms with Crippen LogP contribution in [0.15, 0.2) is 40.1 Å². The second-order valence-electron chi connectivity index (χ2n) is 5.43. The normalized spacial score (nSPS) is 17.7. The zero-order valence-corrected chi connectivity index (χ0v) is 14.5. The van der Waals surface area contributed by atoms with E-state index in [1.54, 1.807) is 0 Å². The van der Waals surface area contributed by atoms with E-state index < -0.39 is 5.97 Å². The molecule has 0 aromatic heterocycles. The molecule has 0 fully saturated rings. The Hall–Kier alpha value is -1.24. The Bertz CT molecular complexity index is 598. The third kappa shape index (κ3) is 4.62. The van der Waals surface area contributed by atoms with Crippen molar-refractivity contribution in [3.05, 3.63) is 45.7 Å². The van der Waals surface area contributed by atoms with Gasteiger partial charge >= 0.3 is 5.97 Å². The number of ketones is 1. The highest BCUT2D eigenvalue weighted by Gasteiger charge is 2.28. The van der Waals surface area contributed by atoms with Crippen molar-refractivity contribution in [1.82, 2.24) is 0 Å². The monoisotopic (exact) mass is 352 g/mol. The number of carboxylic acid groups (broad SMARTS) is 1. The van der Waals surface area contributed by atoms with Crippen molar-refractivity contribution in [3.8, 4) is 0 Å². The van der Waals surface area contributed by atoms with Gasteiger partial charge in [-0.1, -0.05) is 37.3 Å². The fourth-order valence-electron chi connectivity index (χ4n) is 2.54. The van der Waals surface area contributed by atoms with Crippen LogP contribution in [0.2, 0.25) is 0 Å². The zero-order valence-electron chi connectivity index (χ0n) is 12.9. The van der Waals surface area contributed by atoms with Gasteiger partial charge in [0.25, 0.3) is 0 Å². The number of aliphatic hydroxyl groups excluding tert-OH is 1. The van der Waals surface area contributed by atoms with Gasteiger partial charge in [-0.15, -0.1) is 23.5 Å². The van der Waals surface area contributed by atoms with Crippen molar-refractivity contribution in [2.75, 3.05) is 18.1 Å². The van der Waals surface area contributed by atoms with E-state index in [1.165, 1.54) is 23.5 Å². The van der Waals surface area contributed by atoms with Crippen molar-refractivity contribution >= 4 is 35.3 Å². The molecule has 0 unspecified atom stereocenters. The maximum absolute atomic E-state index is 12.6. The molecule has 23 heavy (non-hydrogen) atoms. The van der Waals surface area contributed by atoms with Crippen LogP contribution in [0.25, 0.3) is 0 Å². The predicted octanol–water partition coefficient (Wildman–Crippen LogP) is 3.13. The van der Waals surface area contributed by atoms with E-state index in [1.807, 2.05) is 37.3 Å². The average Bonchev–Trinajstić information content (AvgIpc) is 2.59. The van der Waals surface area contributed by atoms with Crippen molar-refractivity contribution in [1.29, 1.82) is 0 Å². The number of carbonyl (C=O) groups is 2. The standard InChI is InChI=1S/C17H20O4S2/c1-11(12-5-3-2-4-6-12)13(10-18)9-14(19)15-16(17(20)21)23-8-7-22-15/h2-6,11,13,18H,7-10H2,1H3,(H,20,21)/t11-,13-/m0/s1. The maximum Gasteiger partial charge on any atom is 0.343 e. The largest absolute Gasteiger partial charge is 0.477 e. The summed E-state index contributed by atoms with van der Waals surface area (Å²) in [6.07, 6.45) is 0.159. The Kier molecular flexibility index (Phi) is 6.74. The molecule has 6 heteroatoms. The van der Waals surface area contributed by atoms with Crippen LogP contribution in [0.5, 0.6) is 0 Å². The summed E-state index contributed by atoms with van der Waals surface area (Å²) in [6, 6.07) is 9.74. The van der Waals surface area contributed by atoms with Crippen molar-refractivity contribution < 1.29 is 19.8 Å². The van der Waals surface area contributed by atoms with Crippen LogP contribution in [0.1, 0.15) is 24.8 Å². The van der Waals surface area contributed by atoms with E-state index in [0.29, 0.717) is 10.7 Å². The minimum atomic E-state index is -1.04. The Balaban J connectivity index is 2.15. The number of Topliss-reactive ketones (excluding diaryl/α,β-unsaturated/α-hetero) is 1. The fraction of sp³-hybridized carbons (Fsp3) is 0.412. The first-order valence-corrected chi connectivity index (χ1v) is 9.43. The molecular weight excluding hydrogens is 332 g/mol. The second-order valence-corrected chi connectivity index (χ2v) is 7.64. The van der Waals surface area contributed by atoms with E-state index in [0.717, 1.165) is 11.3 Å². The number of hydrogen-bond donors (Lipinski definition) is 2. The van der Waals surface area contributed by atoms with Crippen molar-refractivity contribution in [2.24, 2.45) is 5.92 Å². The van der Waals surface area contributed by atoms with E-state index in [-0.39, 0.29) is 35.6 Å². The zero-order chi connectivity index (χ0) is 16.8. The van der Waals surface area contributed by atoms with Crippen molar-refractivity contribution in [2.45, 2.75) is 19.3 Å². The summed E-state index contributed by atoms with van der Waals surface area (Å²) in [6.45, 7) is 1.88. The Labute approximate surface area is 144 Å².